The molecule has 1 heterocycles. The fraction of sp³-hybridized carbons (Fsp3) is 0.238. The van der Waals surface area contributed by atoms with E-state index in [1.165, 1.54) is 0 Å². The molecule has 1 aliphatic heterocycles. The number of methoxy groups -OCH3 is 1. The molecule has 0 aromatic heterocycles. The van der Waals surface area contributed by atoms with Gasteiger partial charge >= 0.3 is 5.97 Å². The Hall–Kier alpha value is -2.86. The summed E-state index contributed by atoms with van der Waals surface area (Å²) >= 11 is 5.41. The number of ether oxygens (including phenoxy) is 2. The Morgan fingerprint density at radius 1 is 1.19 bits per heavy atom. The lowest BCUT2D eigenvalue weighted by molar-refractivity contribution is -0.138. The number of esters is 1. The Morgan fingerprint density at radius 3 is 2.59 bits per heavy atom. The number of carbonyl (C=O) groups excluding carboxylic acids is 1. The fourth-order valence-corrected chi connectivity index (χ4v) is 3.31. The minimum Gasteiger partial charge on any atom is -0.496 e. The molecule has 0 amide bonds. The molecule has 2 aromatic carbocycles. The van der Waals surface area contributed by atoms with Crippen LogP contribution >= 0.6 is 12.2 Å². The molecule has 0 bridgehead atoms. The molecule has 140 valence electrons. The molecule has 0 fully saturated rings. The van der Waals surface area contributed by atoms with Gasteiger partial charge in [-0.05, 0) is 48.8 Å². The van der Waals surface area contributed by atoms with Crippen LogP contribution in [0.15, 0.2) is 54.1 Å². The minimum absolute atomic E-state index is 0.290. The smallest absolute Gasteiger partial charge is 0.338 e. The van der Waals surface area contributed by atoms with Crippen LogP contribution in [0.25, 0.3) is 5.70 Å². The first-order chi connectivity index (χ1) is 13.0. The molecule has 0 saturated heterocycles. The summed E-state index contributed by atoms with van der Waals surface area (Å²) in [4.78, 5) is 12.9. The molecule has 27 heavy (non-hydrogen) atoms. The van der Waals surface area contributed by atoms with E-state index in [2.05, 4.69) is 10.6 Å². The SMILES string of the molecule is CCOC(=O)C1=C(c2ccccc2)NC(=S)NC1c1ccc(C)c(OC)c1. The van der Waals surface area contributed by atoms with Crippen LogP contribution in [-0.4, -0.2) is 24.8 Å². The van der Waals surface area contributed by atoms with Gasteiger partial charge < -0.3 is 20.1 Å². The number of nitrogens with one attached hydrogen (secondary N) is 2. The molecule has 1 aliphatic rings. The summed E-state index contributed by atoms with van der Waals surface area (Å²) in [5.74, 6) is 0.367. The summed E-state index contributed by atoms with van der Waals surface area (Å²) in [5.41, 5.74) is 3.90. The molecule has 0 aliphatic carbocycles. The number of rotatable bonds is 5. The molecule has 2 N–H and O–H groups in total. The Labute approximate surface area is 164 Å². The van der Waals surface area contributed by atoms with Gasteiger partial charge in [-0.15, -0.1) is 0 Å². The first-order valence-corrected chi connectivity index (χ1v) is 9.14. The van der Waals surface area contributed by atoms with Crippen molar-refractivity contribution in [3.05, 3.63) is 70.8 Å². The van der Waals surface area contributed by atoms with Crippen LogP contribution in [0.3, 0.4) is 0 Å². The van der Waals surface area contributed by atoms with Gasteiger partial charge in [-0.25, -0.2) is 4.79 Å². The largest absolute Gasteiger partial charge is 0.496 e. The summed E-state index contributed by atoms with van der Waals surface area (Å²) in [6, 6.07) is 15.0. The third-order valence-electron chi connectivity index (χ3n) is 4.40. The van der Waals surface area contributed by atoms with Crippen LogP contribution in [-0.2, 0) is 9.53 Å². The van der Waals surface area contributed by atoms with E-state index < -0.39 is 6.04 Å². The van der Waals surface area contributed by atoms with Crippen LogP contribution in [0.1, 0.15) is 29.7 Å². The zero-order valence-electron chi connectivity index (χ0n) is 15.5. The number of aryl methyl sites for hydroxylation is 1. The second kappa shape index (κ2) is 8.22. The quantitative estimate of drug-likeness (QED) is 0.610. The lowest BCUT2D eigenvalue weighted by Gasteiger charge is -2.31. The van der Waals surface area contributed by atoms with Crippen molar-refractivity contribution < 1.29 is 14.3 Å². The highest BCUT2D eigenvalue weighted by Crippen LogP contribution is 2.34. The predicted molar refractivity (Wildman–Crippen MR) is 109 cm³/mol. The van der Waals surface area contributed by atoms with Gasteiger partial charge in [-0.2, -0.15) is 0 Å². The monoisotopic (exact) mass is 382 g/mol. The summed E-state index contributed by atoms with van der Waals surface area (Å²) in [6.45, 7) is 4.05. The Bertz CT molecular complexity index is 894. The number of hydrogen-bond donors (Lipinski definition) is 2. The number of thiocarbonyl (C=S) groups is 1. The first kappa shape index (κ1) is 18.9. The highest BCUT2D eigenvalue weighted by molar-refractivity contribution is 7.80. The molecule has 2 aromatic rings. The van der Waals surface area contributed by atoms with Crippen molar-refractivity contribution in [2.45, 2.75) is 19.9 Å². The molecule has 0 saturated carbocycles. The van der Waals surface area contributed by atoms with Crippen LogP contribution in [0.2, 0.25) is 0 Å². The van der Waals surface area contributed by atoms with Gasteiger partial charge in [0, 0.05) is 0 Å². The third kappa shape index (κ3) is 3.95. The highest BCUT2D eigenvalue weighted by Gasteiger charge is 2.33. The minimum atomic E-state index is -0.442. The Balaban J connectivity index is 2.18. The molecule has 3 rings (SSSR count). The second-order valence-electron chi connectivity index (χ2n) is 6.14. The molecule has 6 heteroatoms. The van der Waals surface area contributed by atoms with Crippen molar-refractivity contribution in [1.29, 1.82) is 0 Å². The van der Waals surface area contributed by atoms with Crippen molar-refractivity contribution in [3.8, 4) is 5.75 Å². The van der Waals surface area contributed by atoms with Gasteiger partial charge in [0.05, 0.1) is 31.0 Å². The Kier molecular flexibility index (Phi) is 5.76. The summed E-state index contributed by atoms with van der Waals surface area (Å²) in [6.07, 6.45) is 0. The third-order valence-corrected chi connectivity index (χ3v) is 4.62. The van der Waals surface area contributed by atoms with Crippen LogP contribution in [0, 0.1) is 6.92 Å². The highest BCUT2D eigenvalue weighted by atomic mass is 32.1. The van der Waals surface area contributed by atoms with E-state index in [-0.39, 0.29) is 5.97 Å². The van der Waals surface area contributed by atoms with Gasteiger partial charge in [0.1, 0.15) is 5.75 Å². The van der Waals surface area contributed by atoms with Crippen molar-refractivity contribution in [2.24, 2.45) is 0 Å². The average molecular weight is 382 g/mol. The van der Waals surface area contributed by atoms with E-state index in [1.807, 2.05) is 55.5 Å². The van der Waals surface area contributed by atoms with E-state index in [1.54, 1.807) is 14.0 Å². The van der Waals surface area contributed by atoms with Crippen molar-refractivity contribution in [2.75, 3.05) is 13.7 Å². The van der Waals surface area contributed by atoms with E-state index in [9.17, 15) is 4.79 Å². The van der Waals surface area contributed by atoms with Crippen LogP contribution in [0.5, 0.6) is 5.75 Å². The molecular formula is C21H22N2O3S. The van der Waals surface area contributed by atoms with E-state index in [4.69, 9.17) is 21.7 Å². The zero-order chi connectivity index (χ0) is 19.4. The van der Waals surface area contributed by atoms with E-state index in [0.717, 1.165) is 22.4 Å². The molecule has 5 nitrogen and oxygen atoms in total. The van der Waals surface area contributed by atoms with E-state index in [0.29, 0.717) is 23.0 Å². The van der Waals surface area contributed by atoms with Gasteiger partial charge in [-0.3, -0.25) is 0 Å². The molecule has 0 spiro atoms. The topological polar surface area (TPSA) is 59.6 Å². The van der Waals surface area contributed by atoms with Crippen molar-refractivity contribution in [3.63, 3.8) is 0 Å². The zero-order valence-corrected chi connectivity index (χ0v) is 16.4. The molecular weight excluding hydrogens is 360 g/mol. The average Bonchev–Trinajstić information content (AvgIpc) is 2.68. The van der Waals surface area contributed by atoms with Crippen LogP contribution in [0.4, 0.5) is 0 Å². The molecule has 1 atom stereocenters. The summed E-state index contributed by atoms with van der Waals surface area (Å²) < 4.78 is 10.8. The number of benzene rings is 2. The summed E-state index contributed by atoms with van der Waals surface area (Å²) in [5, 5.41) is 6.78. The van der Waals surface area contributed by atoms with Crippen molar-refractivity contribution >= 4 is 29.0 Å². The van der Waals surface area contributed by atoms with Crippen LogP contribution < -0.4 is 15.4 Å². The van der Waals surface area contributed by atoms with Gasteiger partial charge in [-0.1, -0.05) is 42.5 Å². The maximum atomic E-state index is 12.9. The first-order valence-electron chi connectivity index (χ1n) is 8.74. The van der Waals surface area contributed by atoms with Gasteiger partial charge in [0.2, 0.25) is 0 Å². The fourth-order valence-electron chi connectivity index (χ4n) is 3.09. The molecule has 1 unspecified atom stereocenters. The predicted octanol–water partition coefficient (Wildman–Crippen LogP) is 3.50. The van der Waals surface area contributed by atoms with E-state index >= 15 is 0 Å². The maximum Gasteiger partial charge on any atom is 0.338 e. The lowest BCUT2D eigenvalue weighted by Crippen LogP contribution is -2.45. The van der Waals surface area contributed by atoms with Gasteiger partial charge in [0.15, 0.2) is 5.11 Å². The van der Waals surface area contributed by atoms with Crippen molar-refractivity contribution in [1.82, 2.24) is 10.6 Å². The summed E-state index contributed by atoms with van der Waals surface area (Å²) in [7, 11) is 1.63. The maximum absolute atomic E-state index is 12.9. The molecule has 0 radical (unpaired) electrons. The van der Waals surface area contributed by atoms with Gasteiger partial charge in [0.25, 0.3) is 0 Å². The lowest BCUT2D eigenvalue weighted by atomic mass is 9.92. The number of hydrogen-bond acceptors (Lipinski definition) is 4. The number of carbonyl (C=O) groups is 1. The standard InChI is InChI=1S/C21H22N2O3S/c1-4-26-20(24)17-18(14-8-6-5-7-9-14)22-21(27)23-19(17)15-11-10-13(2)16(12-15)25-3/h5-12,19H,4H2,1-3H3,(H2,22,23,27). The Morgan fingerprint density at radius 2 is 1.93 bits per heavy atom. The normalized spacial score (nSPS) is 16.4. The second-order valence-corrected chi connectivity index (χ2v) is 6.54.